The highest BCUT2D eigenvalue weighted by Crippen LogP contribution is 2.17. The van der Waals surface area contributed by atoms with E-state index in [1.165, 1.54) is 6.92 Å². The summed E-state index contributed by atoms with van der Waals surface area (Å²) < 4.78 is 7.09. The van der Waals surface area contributed by atoms with Crippen LogP contribution in [0.1, 0.15) is 31.1 Å². The Balaban J connectivity index is 2.23. The van der Waals surface area contributed by atoms with Crippen LogP contribution in [0.5, 0.6) is 11.6 Å². The summed E-state index contributed by atoms with van der Waals surface area (Å²) in [5, 5.41) is 0. The zero-order valence-corrected chi connectivity index (χ0v) is 12.4. The summed E-state index contributed by atoms with van der Waals surface area (Å²) >= 11 is 0. The highest BCUT2D eigenvalue weighted by molar-refractivity contribution is 5.94. The number of benzene rings is 1. The average molecular weight is 286 g/mol. The van der Waals surface area contributed by atoms with Crippen LogP contribution in [-0.2, 0) is 6.54 Å². The van der Waals surface area contributed by atoms with E-state index in [0.717, 1.165) is 0 Å². The minimum absolute atomic E-state index is 0.0151. The van der Waals surface area contributed by atoms with Gasteiger partial charge in [0.25, 0.3) is 5.88 Å². The number of Topliss-reactive ketones (excluding diaryl/α,β-unsaturated/α-hetero) is 1. The van der Waals surface area contributed by atoms with Crippen molar-refractivity contribution >= 4 is 5.78 Å². The molecule has 0 saturated carbocycles. The molecule has 0 bridgehead atoms. The lowest BCUT2D eigenvalue weighted by atomic mass is 10.1. The molecule has 1 aromatic heterocycles. The van der Waals surface area contributed by atoms with E-state index in [1.54, 1.807) is 41.2 Å². The number of carbonyl (C=O) groups is 1. The van der Waals surface area contributed by atoms with Crippen molar-refractivity contribution in [1.29, 1.82) is 0 Å². The monoisotopic (exact) mass is 286 g/mol. The molecule has 0 spiro atoms. The number of hydrogen-bond donors (Lipinski definition) is 0. The minimum atomic E-state index is -0.262. The van der Waals surface area contributed by atoms with Crippen LogP contribution in [0.2, 0.25) is 0 Å². The third-order valence-electron chi connectivity index (χ3n) is 2.92. The zero-order chi connectivity index (χ0) is 15.4. The van der Waals surface area contributed by atoms with Gasteiger partial charge in [-0.05, 0) is 37.1 Å². The van der Waals surface area contributed by atoms with E-state index in [9.17, 15) is 9.59 Å². The fourth-order valence-electron chi connectivity index (χ4n) is 1.90. The largest absolute Gasteiger partial charge is 0.435 e. The fourth-order valence-corrected chi connectivity index (χ4v) is 1.90. The molecule has 5 heteroatoms. The first kappa shape index (κ1) is 15.0. The van der Waals surface area contributed by atoms with Crippen LogP contribution in [0, 0.1) is 5.92 Å². The number of ether oxygens (including phenoxy) is 1. The van der Waals surface area contributed by atoms with Gasteiger partial charge in [-0.3, -0.25) is 9.59 Å². The van der Waals surface area contributed by atoms with Crippen molar-refractivity contribution in [3.8, 4) is 11.6 Å². The summed E-state index contributed by atoms with van der Waals surface area (Å²) in [5.41, 5.74) is 0.336. The van der Waals surface area contributed by atoms with E-state index >= 15 is 0 Å². The Bertz CT molecular complexity index is 687. The lowest BCUT2D eigenvalue weighted by molar-refractivity contribution is 0.101. The van der Waals surface area contributed by atoms with Crippen molar-refractivity contribution in [2.45, 2.75) is 27.3 Å². The third-order valence-corrected chi connectivity index (χ3v) is 2.92. The van der Waals surface area contributed by atoms with Crippen LogP contribution < -0.4 is 10.3 Å². The predicted octanol–water partition coefficient (Wildman–Crippen LogP) is 2.89. The number of rotatable bonds is 5. The first-order valence-corrected chi connectivity index (χ1v) is 6.81. The van der Waals surface area contributed by atoms with E-state index in [2.05, 4.69) is 4.98 Å². The maximum absolute atomic E-state index is 12.2. The second-order valence-electron chi connectivity index (χ2n) is 5.27. The molecular weight excluding hydrogens is 268 g/mol. The highest BCUT2D eigenvalue weighted by Gasteiger charge is 2.09. The molecule has 0 aliphatic heterocycles. The molecule has 0 N–H and O–H groups in total. The number of carbonyl (C=O) groups excluding carboxylic acids is 1. The minimum Gasteiger partial charge on any atom is -0.435 e. The summed E-state index contributed by atoms with van der Waals surface area (Å²) in [6, 6.07) is 6.62. The molecule has 1 aromatic carbocycles. The molecular formula is C16H18N2O3. The van der Waals surface area contributed by atoms with Crippen molar-refractivity contribution in [3.63, 3.8) is 0 Å². The fraction of sp³-hybridized carbons (Fsp3) is 0.312. The molecule has 2 aromatic rings. The Morgan fingerprint density at radius 2 is 1.95 bits per heavy atom. The summed E-state index contributed by atoms with van der Waals surface area (Å²) in [6.45, 7) is 6.18. The normalized spacial score (nSPS) is 10.7. The first-order valence-electron chi connectivity index (χ1n) is 6.81. The van der Waals surface area contributed by atoms with Crippen molar-refractivity contribution in [2.24, 2.45) is 5.92 Å². The lowest BCUT2D eigenvalue weighted by Crippen LogP contribution is -2.23. The van der Waals surface area contributed by atoms with Gasteiger partial charge in [-0.2, -0.15) is 0 Å². The average Bonchev–Trinajstić information content (AvgIpc) is 2.43. The van der Waals surface area contributed by atoms with Gasteiger partial charge in [0.2, 0.25) is 0 Å². The molecule has 0 unspecified atom stereocenters. The van der Waals surface area contributed by atoms with E-state index in [1.807, 2.05) is 13.8 Å². The molecule has 5 nitrogen and oxygen atoms in total. The van der Waals surface area contributed by atoms with Crippen LogP contribution in [-0.4, -0.2) is 15.3 Å². The standard InChI is InChI=1S/C16H18N2O3/c1-11(2)10-18-9-8-17-15(16(18)20)21-14-6-4-13(5-7-14)12(3)19/h4-9,11H,10H2,1-3H3. The van der Waals surface area contributed by atoms with Crippen molar-refractivity contribution in [2.75, 3.05) is 0 Å². The van der Waals surface area contributed by atoms with E-state index < -0.39 is 0 Å². The molecule has 0 fully saturated rings. The second-order valence-corrected chi connectivity index (χ2v) is 5.27. The number of nitrogens with zero attached hydrogens (tertiary/aromatic N) is 2. The van der Waals surface area contributed by atoms with E-state index in [4.69, 9.17) is 4.74 Å². The molecule has 1 heterocycles. The van der Waals surface area contributed by atoms with Gasteiger partial charge in [-0.1, -0.05) is 13.8 Å². The molecule has 21 heavy (non-hydrogen) atoms. The SMILES string of the molecule is CC(=O)c1ccc(Oc2nccn(CC(C)C)c2=O)cc1. The lowest BCUT2D eigenvalue weighted by Gasteiger charge is -2.10. The van der Waals surface area contributed by atoms with Gasteiger partial charge >= 0.3 is 5.56 Å². The smallest absolute Gasteiger partial charge is 0.313 e. The molecule has 110 valence electrons. The Kier molecular flexibility index (Phi) is 4.52. The number of aromatic nitrogens is 2. The summed E-state index contributed by atoms with van der Waals surface area (Å²) in [4.78, 5) is 27.4. The quantitative estimate of drug-likeness (QED) is 0.793. The first-order chi connectivity index (χ1) is 9.97. The van der Waals surface area contributed by atoms with Gasteiger partial charge in [-0.15, -0.1) is 0 Å². The number of hydrogen-bond acceptors (Lipinski definition) is 4. The molecule has 0 aliphatic rings. The van der Waals surface area contributed by atoms with Crippen molar-refractivity contribution in [1.82, 2.24) is 9.55 Å². The van der Waals surface area contributed by atoms with Crippen LogP contribution in [0.4, 0.5) is 0 Å². The summed E-state index contributed by atoms with van der Waals surface area (Å²) in [7, 11) is 0. The van der Waals surface area contributed by atoms with Crippen LogP contribution >= 0.6 is 0 Å². The van der Waals surface area contributed by atoms with Gasteiger partial charge in [0.1, 0.15) is 5.75 Å². The second kappa shape index (κ2) is 6.35. The highest BCUT2D eigenvalue weighted by atomic mass is 16.5. The topological polar surface area (TPSA) is 61.2 Å². The molecule has 0 radical (unpaired) electrons. The van der Waals surface area contributed by atoms with Crippen molar-refractivity contribution < 1.29 is 9.53 Å². The van der Waals surface area contributed by atoms with E-state index in [-0.39, 0.29) is 17.2 Å². The molecule has 0 atom stereocenters. The van der Waals surface area contributed by atoms with E-state index in [0.29, 0.717) is 23.8 Å². The predicted molar refractivity (Wildman–Crippen MR) is 79.9 cm³/mol. The molecule has 0 amide bonds. The molecule has 2 rings (SSSR count). The summed E-state index contributed by atoms with van der Waals surface area (Å²) in [6.07, 6.45) is 3.19. The van der Waals surface area contributed by atoms with Gasteiger partial charge in [-0.25, -0.2) is 4.98 Å². The molecule has 0 saturated heterocycles. The van der Waals surface area contributed by atoms with Gasteiger partial charge in [0, 0.05) is 24.5 Å². The Morgan fingerprint density at radius 3 is 2.52 bits per heavy atom. The van der Waals surface area contributed by atoms with Crippen LogP contribution in [0.25, 0.3) is 0 Å². The summed E-state index contributed by atoms with van der Waals surface area (Å²) in [5.74, 6) is 0.854. The Labute approximate surface area is 123 Å². The Morgan fingerprint density at radius 1 is 1.29 bits per heavy atom. The zero-order valence-electron chi connectivity index (χ0n) is 12.4. The van der Waals surface area contributed by atoms with Gasteiger partial charge < -0.3 is 9.30 Å². The van der Waals surface area contributed by atoms with Gasteiger partial charge in [0.15, 0.2) is 5.78 Å². The van der Waals surface area contributed by atoms with Gasteiger partial charge in [0.05, 0.1) is 0 Å². The number of ketones is 1. The maximum atomic E-state index is 12.2. The van der Waals surface area contributed by atoms with Crippen LogP contribution in [0.3, 0.4) is 0 Å². The van der Waals surface area contributed by atoms with Crippen molar-refractivity contribution in [3.05, 3.63) is 52.6 Å². The third kappa shape index (κ3) is 3.78. The van der Waals surface area contributed by atoms with Crippen LogP contribution in [0.15, 0.2) is 41.5 Å². The molecule has 0 aliphatic carbocycles. The maximum Gasteiger partial charge on any atom is 0.313 e. The Hall–Kier alpha value is -2.43.